The van der Waals surface area contributed by atoms with E-state index in [1.165, 1.54) is 6.08 Å². The van der Waals surface area contributed by atoms with Crippen molar-refractivity contribution < 1.29 is 14.7 Å². The first-order valence-corrected chi connectivity index (χ1v) is 4.74. The fraction of sp³-hybridized carbons (Fsp3) is 0.600. The van der Waals surface area contributed by atoms with Crippen LogP contribution in [0.4, 0.5) is 0 Å². The summed E-state index contributed by atoms with van der Waals surface area (Å²) >= 11 is 0. The van der Waals surface area contributed by atoms with Gasteiger partial charge in [0.05, 0.1) is 0 Å². The summed E-state index contributed by atoms with van der Waals surface area (Å²) < 4.78 is 0. The number of carbonyl (C=O) groups excluding carboxylic acids is 1. The van der Waals surface area contributed by atoms with Crippen LogP contribution in [0.1, 0.15) is 32.6 Å². The first-order chi connectivity index (χ1) is 6.61. The molecule has 0 aliphatic carbocycles. The third-order valence-corrected chi connectivity index (χ3v) is 1.81. The van der Waals surface area contributed by atoms with Crippen molar-refractivity contribution in [2.75, 3.05) is 0 Å². The first-order valence-electron chi connectivity index (χ1n) is 4.74. The molecule has 4 heteroatoms. The maximum absolute atomic E-state index is 11.1. The molecule has 0 aromatic rings. The summed E-state index contributed by atoms with van der Waals surface area (Å²) in [6, 6.07) is -0.762. The van der Waals surface area contributed by atoms with Crippen LogP contribution in [0.15, 0.2) is 12.7 Å². The third kappa shape index (κ3) is 5.35. The number of aliphatic carboxylic acids is 1. The molecular weight excluding hydrogens is 182 g/mol. The maximum Gasteiger partial charge on any atom is 0.326 e. The average Bonchev–Trinajstić information content (AvgIpc) is 2.12. The molecule has 0 bridgehead atoms. The van der Waals surface area contributed by atoms with Crippen LogP contribution in [0, 0.1) is 0 Å². The van der Waals surface area contributed by atoms with Gasteiger partial charge in [-0.2, -0.15) is 0 Å². The lowest BCUT2D eigenvalue weighted by molar-refractivity contribution is -0.141. The lowest BCUT2D eigenvalue weighted by atomic mass is 10.1. The molecule has 0 rings (SSSR count). The molecule has 4 nitrogen and oxygen atoms in total. The number of carboxylic acid groups (broad SMARTS) is 1. The second-order valence-corrected chi connectivity index (χ2v) is 3.09. The third-order valence-electron chi connectivity index (χ3n) is 1.81. The summed E-state index contributed by atoms with van der Waals surface area (Å²) in [7, 11) is 0. The van der Waals surface area contributed by atoms with Gasteiger partial charge in [0, 0.05) is 6.42 Å². The SMILES string of the molecule is C=CCC(=O)N[C@@H](CCCC)C(=O)O. The van der Waals surface area contributed by atoms with Gasteiger partial charge in [-0.3, -0.25) is 4.79 Å². The predicted molar refractivity (Wildman–Crippen MR) is 53.9 cm³/mol. The second kappa shape index (κ2) is 7.12. The van der Waals surface area contributed by atoms with Gasteiger partial charge in [0.25, 0.3) is 0 Å². The highest BCUT2D eigenvalue weighted by atomic mass is 16.4. The van der Waals surface area contributed by atoms with E-state index in [1.54, 1.807) is 0 Å². The van der Waals surface area contributed by atoms with E-state index < -0.39 is 12.0 Å². The molecule has 0 aliphatic rings. The standard InChI is InChI=1S/C10H17NO3/c1-3-5-7-8(10(13)14)11-9(12)6-4-2/h4,8H,2-3,5-7H2,1H3,(H,11,12)(H,13,14)/t8-/m0/s1. The summed E-state index contributed by atoms with van der Waals surface area (Å²) in [5.74, 6) is -1.26. The number of unbranched alkanes of at least 4 members (excludes halogenated alkanes) is 1. The monoisotopic (exact) mass is 199 g/mol. The summed E-state index contributed by atoms with van der Waals surface area (Å²) in [5.41, 5.74) is 0. The van der Waals surface area contributed by atoms with Crippen LogP contribution in [0.5, 0.6) is 0 Å². The Morgan fingerprint density at radius 3 is 2.64 bits per heavy atom. The summed E-state index contributed by atoms with van der Waals surface area (Å²) in [4.78, 5) is 21.8. The van der Waals surface area contributed by atoms with Crippen molar-refractivity contribution >= 4 is 11.9 Å². The smallest absolute Gasteiger partial charge is 0.326 e. The van der Waals surface area contributed by atoms with Crippen LogP contribution in [-0.2, 0) is 9.59 Å². The molecule has 0 unspecified atom stereocenters. The van der Waals surface area contributed by atoms with Gasteiger partial charge in [0.15, 0.2) is 0 Å². The highest BCUT2D eigenvalue weighted by Crippen LogP contribution is 2.01. The van der Waals surface area contributed by atoms with E-state index in [9.17, 15) is 9.59 Å². The molecule has 0 saturated carbocycles. The molecule has 1 atom stereocenters. The first kappa shape index (κ1) is 12.7. The van der Waals surface area contributed by atoms with Crippen LogP contribution in [0.2, 0.25) is 0 Å². The van der Waals surface area contributed by atoms with Crippen molar-refractivity contribution in [1.29, 1.82) is 0 Å². The Bertz CT molecular complexity index is 213. The van der Waals surface area contributed by atoms with E-state index >= 15 is 0 Å². The molecule has 0 heterocycles. The van der Waals surface area contributed by atoms with Gasteiger partial charge >= 0.3 is 5.97 Å². The van der Waals surface area contributed by atoms with E-state index in [2.05, 4.69) is 11.9 Å². The van der Waals surface area contributed by atoms with E-state index in [0.29, 0.717) is 6.42 Å². The molecule has 80 valence electrons. The molecule has 14 heavy (non-hydrogen) atoms. The summed E-state index contributed by atoms with van der Waals surface area (Å²) in [6.07, 6.45) is 3.81. The number of amides is 1. The largest absolute Gasteiger partial charge is 0.480 e. The topological polar surface area (TPSA) is 66.4 Å². The highest BCUT2D eigenvalue weighted by molar-refractivity contribution is 5.84. The fourth-order valence-electron chi connectivity index (χ4n) is 1.05. The molecule has 0 aromatic heterocycles. The maximum atomic E-state index is 11.1. The predicted octanol–water partition coefficient (Wildman–Crippen LogP) is 1.32. The lowest BCUT2D eigenvalue weighted by Crippen LogP contribution is -2.40. The Balaban J connectivity index is 4.01. The number of hydrogen-bond donors (Lipinski definition) is 2. The molecule has 0 saturated heterocycles. The highest BCUT2D eigenvalue weighted by Gasteiger charge is 2.17. The van der Waals surface area contributed by atoms with Gasteiger partial charge < -0.3 is 10.4 Å². The van der Waals surface area contributed by atoms with Crippen molar-refractivity contribution in [2.45, 2.75) is 38.6 Å². The zero-order valence-corrected chi connectivity index (χ0v) is 8.45. The molecule has 2 N–H and O–H groups in total. The minimum Gasteiger partial charge on any atom is -0.480 e. The molecule has 1 amide bonds. The molecule has 0 spiro atoms. The van der Waals surface area contributed by atoms with Gasteiger partial charge in [-0.1, -0.05) is 25.8 Å². The zero-order chi connectivity index (χ0) is 11.0. The fourth-order valence-corrected chi connectivity index (χ4v) is 1.05. The van der Waals surface area contributed by atoms with Crippen molar-refractivity contribution in [3.63, 3.8) is 0 Å². The number of hydrogen-bond acceptors (Lipinski definition) is 2. The van der Waals surface area contributed by atoms with Crippen LogP contribution < -0.4 is 5.32 Å². The van der Waals surface area contributed by atoms with Crippen molar-refractivity contribution in [3.8, 4) is 0 Å². The van der Waals surface area contributed by atoms with Crippen molar-refractivity contribution in [1.82, 2.24) is 5.32 Å². The number of carboxylic acids is 1. The molecular formula is C10H17NO3. The Kier molecular flexibility index (Phi) is 6.45. The van der Waals surface area contributed by atoms with E-state index in [1.807, 2.05) is 6.92 Å². The van der Waals surface area contributed by atoms with Crippen LogP contribution in [0.3, 0.4) is 0 Å². The van der Waals surface area contributed by atoms with E-state index in [0.717, 1.165) is 12.8 Å². The van der Waals surface area contributed by atoms with Gasteiger partial charge in [-0.15, -0.1) is 6.58 Å². The lowest BCUT2D eigenvalue weighted by Gasteiger charge is -2.12. The van der Waals surface area contributed by atoms with Crippen molar-refractivity contribution in [3.05, 3.63) is 12.7 Å². The Hall–Kier alpha value is -1.32. The minimum absolute atomic E-state index is 0.163. The Morgan fingerprint density at radius 2 is 2.21 bits per heavy atom. The molecule has 0 fully saturated rings. The molecule has 0 radical (unpaired) electrons. The molecule has 0 aromatic carbocycles. The van der Waals surface area contributed by atoms with Gasteiger partial charge in [-0.25, -0.2) is 4.79 Å². The zero-order valence-electron chi connectivity index (χ0n) is 8.45. The normalized spacial score (nSPS) is 11.8. The van der Waals surface area contributed by atoms with Crippen LogP contribution in [0.25, 0.3) is 0 Å². The summed E-state index contributed by atoms with van der Waals surface area (Å²) in [5, 5.41) is 11.2. The average molecular weight is 199 g/mol. The minimum atomic E-state index is -0.976. The number of carbonyl (C=O) groups is 2. The Morgan fingerprint density at radius 1 is 1.57 bits per heavy atom. The van der Waals surface area contributed by atoms with E-state index in [4.69, 9.17) is 5.11 Å². The number of rotatable bonds is 7. The van der Waals surface area contributed by atoms with Crippen molar-refractivity contribution in [2.24, 2.45) is 0 Å². The molecule has 0 aliphatic heterocycles. The van der Waals surface area contributed by atoms with E-state index in [-0.39, 0.29) is 12.3 Å². The Labute approximate surface area is 84.0 Å². The quantitative estimate of drug-likeness (QED) is 0.608. The van der Waals surface area contributed by atoms with Crippen LogP contribution >= 0.6 is 0 Å². The second-order valence-electron chi connectivity index (χ2n) is 3.09. The summed E-state index contributed by atoms with van der Waals surface area (Å²) in [6.45, 7) is 5.38. The van der Waals surface area contributed by atoms with Crippen LogP contribution in [-0.4, -0.2) is 23.0 Å². The van der Waals surface area contributed by atoms with Gasteiger partial charge in [-0.05, 0) is 6.42 Å². The van der Waals surface area contributed by atoms with Gasteiger partial charge in [0.1, 0.15) is 6.04 Å². The van der Waals surface area contributed by atoms with Gasteiger partial charge in [0.2, 0.25) is 5.91 Å². The number of nitrogens with one attached hydrogen (secondary N) is 1.